The van der Waals surface area contributed by atoms with E-state index in [0.717, 1.165) is 19.2 Å². The molecule has 0 saturated heterocycles. The van der Waals surface area contributed by atoms with Crippen LogP contribution in [0, 0.1) is 11.6 Å². The number of esters is 1. The molecule has 0 heterocycles. The summed E-state index contributed by atoms with van der Waals surface area (Å²) in [5.74, 6) is -3.37. The van der Waals surface area contributed by atoms with Gasteiger partial charge in [0.05, 0.1) is 7.11 Å². The van der Waals surface area contributed by atoms with E-state index in [1.807, 2.05) is 0 Å². The highest BCUT2D eigenvalue weighted by atomic mass is 19.2. The summed E-state index contributed by atoms with van der Waals surface area (Å²) in [5.41, 5.74) is 4.68. The minimum absolute atomic E-state index is 0.0284. The fraction of sp³-hybridized carbons (Fsp3) is 0.125. The first-order valence-corrected chi connectivity index (χ1v) is 3.39. The van der Waals surface area contributed by atoms with Gasteiger partial charge in [0.1, 0.15) is 5.56 Å². The van der Waals surface area contributed by atoms with Crippen molar-refractivity contribution in [2.24, 2.45) is 0 Å². The molecule has 1 aromatic carbocycles. The summed E-state index contributed by atoms with van der Waals surface area (Å²) in [6.07, 6.45) is 0. The smallest absolute Gasteiger partial charge is 0.341 e. The molecule has 0 aromatic heterocycles. The predicted octanol–water partition coefficient (Wildman–Crippen LogP) is 1.33. The van der Waals surface area contributed by atoms with Gasteiger partial charge in [-0.25, -0.2) is 13.6 Å². The van der Waals surface area contributed by atoms with Crippen LogP contribution in [0.15, 0.2) is 12.1 Å². The first-order chi connectivity index (χ1) is 6.06. The molecule has 5 heteroatoms. The van der Waals surface area contributed by atoms with E-state index in [1.54, 1.807) is 0 Å². The lowest BCUT2D eigenvalue weighted by Crippen LogP contribution is -2.07. The van der Waals surface area contributed by atoms with Crippen LogP contribution in [0.2, 0.25) is 0 Å². The molecule has 0 saturated carbocycles. The molecule has 0 atom stereocenters. The normalized spacial score (nSPS) is 9.77. The number of carbonyl (C=O) groups excluding carboxylic acids is 1. The third-order valence-electron chi connectivity index (χ3n) is 1.46. The number of hydrogen-bond donors (Lipinski definition) is 1. The molecule has 0 fully saturated rings. The van der Waals surface area contributed by atoms with E-state index < -0.39 is 23.2 Å². The van der Waals surface area contributed by atoms with Gasteiger partial charge in [0, 0.05) is 5.69 Å². The number of ether oxygens (including phenoxy) is 1. The Morgan fingerprint density at radius 3 is 2.62 bits per heavy atom. The van der Waals surface area contributed by atoms with Gasteiger partial charge < -0.3 is 10.5 Å². The van der Waals surface area contributed by atoms with E-state index in [9.17, 15) is 13.6 Å². The van der Waals surface area contributed by atoms with Crippen molar-refractivity contribution >= 4 is 11.7 Å². The number of halogens is 2. The topological polar surface area (TPSA) is 52.3 Å². The van der Waals surface area contributed by atoms with E-state index in [1.165, 1.54) is 0 Å². The van der Waals surface area contributed by atoms with Crippen LogP contribution in [-0.2, 0) is 4.74 Å². The second kappa shape index (κ2) is 3.38. The highest BCUT2D eigenvalue weighted by molar-refractivity contribution is 5.90. The average Bonchev–Trinajstić information content (AvgIpc) is 2.10. The maximum Gasteiger partial charge on any atom is 0.341 e. The van der Waals surface area contributed by atoms with Crippen LogP contribution in [0.5, 0.6) is 0 Å². The Balaban J connectivity index is 3.28. The summed E-state index contributed by atoms with van der Waals surface area (Å²) < 4.78 is 29.8. The maximum atomic E-state index is 12.9. The Morgan fingerprint density at radius 2 is 2.08 bits per heavy atom. The third-order valence-corrected chi connectivity index (χ3v) is 1.46. The quantitative estimate of drug-likeness (QED) is 0.533. The van der Waals surface area contributed by atoms with Crippen LogP contribution in [0.1, 0.15) is 10.4 Å². The van der Waals surface area contributed by atoms with Gasteiger partial charge in [-0.05, 0) is 12.1 Å². The largest absolute Gasteiger partial charge is 0.465 e. The number of benzene rings is 1. The fourth-order valence-electron chi connectivity index (χ4n) is 0.869. The number of methoxy groups -OCH3 is 1. The van der Waals surface area contributed by atoms with E-state index in [-0.39, 0.29) is 5.69 Å². The SMILES string of the molecule is COC(=O)c1cc(N)cc(F)c1F. The monoisotopic (exact) mass is 187 g/mol. The van der Waals surface area contributed by atoms with Crippen molar-refractivity contribution in [3.8, 4) is 0 Å². The van der Waals surface area contributed by atoms with Crippen molar-refractivity contribution in [1.29, 1.82) is 0 Å². The standard InChI is InChI=1S/C8H7F2NO2/c1-13-8(12)5-2-4(11)3-6(9)7(5)10/h2-3H,11H2,1H3. The molecule has 1 aromatic rings. The molecule has 13 heavy (non-hydrogen) atoms. The van der Waals surface area contributed by atoms with Crippen molar-refractivity contribution in [3.05, 3.63) is 29.3 Å². The van der Waals surface area contributed by atoms with Crippen LogP contribution >= 0.6 is 0 Å². The highest BCUT2D eigenvalue weighted by Gasteiger charge is 2.16. The van der Waals surface area contributed by atoms with E-state index in [0.29, 0.717) is 0 Å². The second-order valence-corrected chi connectivity index (χ2v) is 2.36. The summed E-state index contributed by atoms with van der Waals surface area (Å²) in [6, 6.07) is 1.81. The van der Waals surface area contributed by atoms with Gasteiger partial charge >= 0.3 is 5.97 Å². The van der Waals surface area contributed by atoms with Crippen LogP contribution in [0.3, 0.4) is 0 Å². The zero-order valence-corrected chi connectivity index (χ0v) is 6.80. The van der Waals surface area contributed by atoms with E-state index >= 15 is 0 Å². The van der Waals surface area contributed by atoms with Gasteiger partial charge in [-0.2, -0.15) is 0 Å². The predicted molar refractivity (Wildman–Crippen MR) is 42.1 cm³/mol. The summed E-state index contributed by atoms with van der Waals surface area (Å²) in [4.78, 5) is 10.9. The Hall–Kier alpha value is -1.65. The number of nitrogens with two attached hydrogens (primary N) is 1. The Morgan fingerprint density at radius 1 is 1.46 bits per heavy atom. The number of carbonyl (C=O) groups is 1. The zero-order valence-electron chi connectivity index (χ0n) is 6.80. The Labute approximate surface area is 73.1 Å². The van der Waals surface area contributed by atoms with Gasteiger partial charge in [-0.3, -0.25) is 0 Å². The minimum atomic E-state index is -1.25. The number of nitrogen functional groups attached to an aromatic ring is 1. The number of hydrogen-bond acceptors (Lipinski definition) is 3. The molecule has 0 radical (unpaired) electrons. The molecule has 0 bridgehead atoms. The van der Waals surface area contributed by atoms with Crippen molar-refractivity contribution in [2.75, 3.05) is 12.8 Å². The molecule has 70 valence electrons. The summed E-state index contributed by atoms with van der Waals surface area (Å²) in [7, 11) is 1.07. The average molecular weight is 187 g/mol. The van der Waals surface area contributed by atoms with Crippen LogP contribution < -0.4 is 5.73 Å². The van der Waals surface area contributed by atoms with Gasteiger partial charge in [0.15, 0.2) is 11.6 Å². The van der Waals surface area contributed by atoms with Gasteiger partial charge in [-0.15, -0.1) is 0 Å². The number of rotatable bonds is 1. The lowest BCUT2D eigenvalue weighted by atomic mass is 10.2. The Kier molecular flexibility index (Phi) is 2.46. The van der Waals surface area contributed by atoms with Crippen molar-refractivity contribution in [2.45, 2.75) is 0 Å². The zero-order chi connectivity index (χ0) is 10.0. The minimum Gasteiger partial charge on any atom is -0.465 e. The second-order valence-electron chi connectivity index (χ2n) is 2.36. The molecule has 0 aliphatic rings. The molecule has 0 amide bonds. The van der Waals surface area contributed by atoms with Crippen molar-refractivity contribution in [3.63, 3.8) is 0 Å². The molecule has 0 aliphatic carbocycles. The molecule has 0 spiro atoms. The van der Waals surface area contributed by atoms with Crippen molar-refractivity contribution < 1.29 is 18.3 Å². The highest BCUT2D eigenvalue weighted by Crippen LogP contribution is 2.16. The molecule has 0 aliphatic heterocycles. The van der Waals surface area contributed by atoms with Gasteiger partial charge in [-0.1, -0.05) is 0 Å². The summed E-state index contributed by atoms with van der Waals surface area (Å²) in [5, 5.41) is 0. The van der Waals surface area contributed by atoms with Crippen LogP contribution in [0.25, 0.3) is 0 Å². The number of anilines is 1. The Bertz CT molecular complexity index is 352. The molecular formula is C8H7F2NO2. The molecule has 0 unspecified atom stereocenters. The van der Waals surface area contributed by atoms with E-state index in [4.69, 9.17) is 5.73 Å². The van der Waals surface area contributed by atoms with E-state index in [2.05, 4.69) is 4.74 Å². The van der Waals surface area contributed by atoms with Crippen LogP contribution in [0.4, 0.5) is 14.5 Å². The van der Waals surface area contributed by atoms with Crippen LogP contribution in [-0.4, -0.2) is 13.1 Å². The molecule has 1 rings (SSSR count). The fourth-order valence-corrected chi connectivity index (χ4v) is 0.869. The first kappa shape index (κ1) is 9.44. The van der Waals surface area contributed by atoms with Gasteiger partial charge in [0.2, 0.25) is 0 Å². The summed E-state index contributed by atoms with van der Waals surface area (Å²) >= 11 is 0. The lowest BCUT2D eigenvalue weighted by molar-refractivity contribution is 0.0594. The van der Waals surface area contributed by atoms with Gasteiger partial charge in [0.25, 0.3) is 0 Å². The lowest BCUT2D eigenvalue weighted by Gasteiger charge is -2.02. The first-order valence-electron chi connectivity index (χ1n) is 3.39. The van der Waals surface area contributed by atoms with Crippen molar-refractivity contribution in [1.82, 2.24) is 0 Å². The molecule has 2 N–H and O–H groups in total. The summed E-state index contributed by atoms with van der Waals surface area (Å²) in [6.45, 7) is 0. The molecule has 3 nitrogen and oxygen atoms in total. The third kappa shape index (κ3) is 1.74. The maximum absolute atomic E-state index is 12.9. The molecular weight excluding hydrogens is 180 g/mol.